The van der Waals surface area contributed by atoms with Crippen LogP contribution in [0.1, 0.15) is 11.1 Å². The highest BCUT2D eigenvalue weighted by molar-refractivity contribution is 9.08. The van der Waals surface area contributed by atoms with Crippen LogP contribution in [-0.4, -0.2) is 18.0 Å². The summed E-state index contributed by atoms with van der Waals surface area (Å²) >= 11 is 9.08. The second-order valence-corrected chi connectivity index (χ2v) is 4.18. The fraction of sp³-hybridized carbons (Fsp3) is 0.300. The lowest BCUT2D eigenvalue weighted by molar-refractivity contribution is -0.385. The Kier molecular flexibility index (Phi) is 4.89. The Morgan fingerprint density at radius 3 is 2.65 bits per heavy atom. The SMILES string of the molecule is COC(=O)Cc1cc([N+](=O)[O-])c(CBr)cc1Cl. The van der Waals surface area contributed by atoms with Gasteiger partial charge < -0.3 is 4.74 Å². The van der Waals surface area contributed by atoms with E-state index in [1.54, 1.807) is 0 Å². The molecule has 1 aromatic carbocycles. The third-order valence-electron chi connectivity index (χ3n) is 2.15. The quantitative estimate of drug-likeness (QED) is 0.370. The lowest BCUT2D eigenvalue weighted by Crippen LogP contribution is -2.06. The van der Waals surface area contributed by atoms with Gasteiger partial charge in [-0.25, -0.2) is 0 Å². The predicted molar refractivity (Wildman–Crippen MR) is 66.5 cm³/mol. The molecule has 0 aliphatic heterocycles. The maximum Gasteiger partial charge on any atom is 0.310 e. The largest absolute Gasteiger partial charge is 0.469 e. The highest BCUT2D eigenvalue weighted by Crippen LogP contribution is 2.29. The van der Waals surface area contributed by atoms with Crippen LogP contribution in [0.4, 0.5) is 5.69 Å². The molecule has 0 saturated carbocycles. The molecule has 0 aliphatic carbocycles. The minimum absolute atomic E-state index is 0.0646. The van der Waals surface area contributed by atoms with Crippen LogP contribution in [0.2, 0.25) is 5.02 Å². The van der Waals surface area contributed by atoms with Crippen molar-refractivity contribution in [2.45, 2.75) is 11.8 Å². The number of nitro groups is 1. The summed E-state index contributed by atoms with van der Waals surface area (Å²) in [5.41, 5.74) is 0.786. The van der Waals surface area contributed by atoms with Gasteiger partial charge in [0.05, 0.1) is 18.5 Å². The first-order valence-electron chi connectivity index (χ1n) is 4.58. The summed E-state index contributed by atoms with van der Waals surface area (Å²) in [7, 11) is 1.25. The summed E-state index contributed by atoms with van der Waals surface area (Å²) in [6.07, 6.45) is -0.0846. The van der Waals surface area contributed by atoms with Gasteiger partial charge in [-0.1, -0.05) is 27.5 Å². The van der Waals surface area contributed by atoms with Gasteiger partial charge in [0.15, 0.2) is 0 Å². The van der Waals surface area contributed by atoms with Gasteiger partial charge in [-0.2, -0.15) is 0 Å². The Bertz CT molecular complexity index is 464. The molecule has 0 amide bonds. The van der Waals surface area contributed by atoms with Crippen LogP contribution in [0.5, 0.6) is 0 Å². The van der Waals surface area contributed by atoms with E-state index in [1.807, 2.05) is 0 Å². The van der Waals surface area contributed by atoms with E-state index in [0.29, 0.717) is 21.5 Å². The van der Waals surface area contributed by atoms with E-state index >= 15 is 0 Å². The number of halogens is 2. The number of rotatable bonds is 4. The van der Waals surface area contributed by atoms with E-state index in [-0.39, 0.29) is 12.1 Å². The molecule has 0 saturated heterocycles. The van der Waals surface area contributed by atoms with Crippen LogP contribution < -0.4 is 0 Å². The first kappa shape index (κ1) is 13.9. The van der Waals surface area contributed by atoms with Crippen LogP contribution in [0.15, 0.2) is 12.1 Å². The Morgan fingerprint density at radius 1 is 1.53 bits per heavy atom. The lowest BCUT2D eigenvalue weighted by atomic mass is 10.1. The summed E-state index contributed by atoms with van der Waals surface area (Å²) in [6, 6.07) is 2.78. The van der Waals surface area contributed by atoms with Crippen molar-refractivity contribution < 1.29 is 14.5 Å². The number of ether oxygens (including phenoxy) is 1. The molecular weight excluding hydrogens is 313 g/mol. The van der Waals surface area contributed by atoms with Crippen LogP contribution in [-0.2, 0) is 21.3 Å². The van der Waals surface area contributed by atoms with E-state index in [2.05, 4.69) is 20.7 Å². The van der Waals surface area contributed by atoms with Gasteiger partial charge in [-0.05, 0) is 11.6 Å². The molecule has 0 bridgehead atoms. The second kappa shape index (κ2) is 5.97. The minimum Gasteiger partial charge on any atom is -0.469 e. The van der Waals surface area contributed by atoms with E-state index < -0.39 is 10.9 Å². The fourth-order valence-electron chi connectivity index (χ4n) is 1.29. The average molecular weight is 323 g/mol. The normalized spacial score (nSPS) is 10.1. The molecule has 0 atom stereocenters. The maximum absolute atomic E-state index is 11.1. The number of methoxy groups -OCH3 is 1. The molecule has 1 aromatic rings. The molecule has 0 spiro atoms. The van der Waals surface area contributed by atoms with Gasteiger partial charge in [-0.3, -0.25) is 14.9 Å². The first-order chi connectivity index (χ1) is 7.99. The number of carbonyl (C=O) groups excluding carboxylic acids is 1. The molecule has 0 radical (unpaired) electrons. The van der Waals surface area contributed by atoms with Gasteiger partial charge in [-0.15, -0.1) is 0 Å². The third kappa shape index (κ3) is 3.41. The lowest BCUT2D eigenvalue weighted by Gasteiger charge is -2.06. The van der Waals surface area contributed by atoms with Crippen molar-refractivity contribution in [3.05, 3.63) is 38.4 Å². The molecule has 0 N–H and O–H groups in total. The Balaban J connectivity index is 3.19. The molecule has 0 fully saturated rings. The zero-order chi connectivity index (χ0) is 13.0. The van der Waals surface area contributed by atoms with Crippen LogP contribution in [0.25, 0.3) is 0 Å². The monoisotopic (exact) mass is 321 g/mol. The first-order valence-corrected chi connectivity index (χ1v) is 6.08. The van der Waals surface area contributed by atoms with Gasteiger partial charge in [0.1, 0.15) is 0 Å². The summed E-state index contributed by atoms with van der Waals surface area (Å²) < 4.78 is 4.49. The van der Waals surface area contributed by atoms with E-state index in [4.69, 9.17) is 11.6 Å². The molecule has 1 rings (SSSR count). The van der Waals surface area contributed by atoms with Gasteiger partial charge in [0.2, 0.25) is 0 Å². The van der Waals surface area contributed by atoms with Crippen molar-refractivity contribution in [3.63, 3.8) is 0 Å². The van der Waals surface area contributed by atoms with E-state index in [1.165, 1.54) is 19.2 Å². The van der Waals surface area contributed by atoms with Crippen LogP contribution in [0, 0.1) is 10.1 Å². The van der Waals surface area contributed by atoms with Gasteiger partial charge in [0, 0.05) is 22.0 Å². The van der Waals surface area contributed by atoms with Crippen molar-refractivity contribution in [1.82, 2.24) is 0 Å². The molecule has 92 valence electrons. The van der Waals surface area contributed by atoms with E-state index in [9.17, 15) is 14.9 Å². The second-order valence-electron chi connectivity index (χ2n) is 3.22. The Hall–Kier alpha value is -1.14. The highest BCUT2D eigenvalue weighted by atomic mass is 79.9. The predicted octanol–water partition coefficient (Wildman–Crippen LogP) is 2.86. The molecule has 7 heteroatoms. The molecule has 0 unspecified atom stereocenters. The number of esters is 1. The molecule has 5 nitrogen and oxygen atoms in total. The summed E-state index contributed by atoms with van der Waals surface area (Å²) in [5.74, 6) is -0.493. The average Bonchev–Trinajstić information content (AvgIpc) is 2.30. The van der Waals surface area contributed by atoms with Gasteiger partial charge >= 0.3 is 5.97 Å². The molecular formula is C10H9BrClNO4. The number of hydrogen-bond acceptors (Lipinski definition) is 4. The van der Waals surface area contributed by atoms with E-state index in [0.717, 1.165) is 0 Å². The number of hydrogen-bond donors (Lipinski definition) is 0. The summed E-state index contributed by atoms with van der Waals surface area (Å²) in [4.78, 5) is 21.4. The Morgan fingerprint density at radius 2 is 2.18 bits per heavy atom. The fourth-order valence-corrected chi connectivity index (χ4v) is 1.99. The maximum atomic E-state index is 11.1. The number of nitro benzene ring substituents is 1. The number of carbonyl (C=O) groups is 1. The molecule has 0 aromatic heterocycles. The highest BCUT2D eigenvalue weighted by Gasteiger charge is 2.18. The third-order valence-corrected chi connectivity index (χ3v) is 3.11. The topological polar surface area (TPSA) is 69.4 Å². The standard InChI is InChI=1S/C10H9BrClNO4/c1-17-10(14)4-6-3-9(13(15)16)7(5-11)2-8(6)12/h2-3H,4-5H2,1H3. The van der Waals surface area contributed by atoms with Crippen molar-refractivity contribution >= 4 is 39.2 Å². The summed E-state index contributed by atoms with van der Waals surface area (Å²) in [6.45, 7) is 0. The van der Waals surface area contributed by atoms with Crippen LogP contribution >= 0.6 is 27.5 Å². The molecule has 0 heterocycles. The van der Waals surface area contributed by atoms with Crippen molar-refractivity contribution in [3.8, 4) is 0 Å². The molecule has 17 heavy (non-hydrogen) atoms. The smallest absolute Gasteiger partial charge is 0.310 e. The zero-order valence-corrected chi connectivity index (χ0v) is 11.2. The zero-order valence-electron chi connectivity index (χ0n) is 8.91. The summed E-state index contributed by atoms with van der Waals surface area (Å²) in [5, 5.41) is 11.5. The molecule has 0 aliphatic rings. The Labute approximate surface area is 111 Å². The number of benzene rings is 1. The van der Waals surface area contributed by atoms with Crippen molar-refractivity contribution in [2.24, 2.45) is 0 Å². The minimum atomic E-state index is -0.506. The number of alkyl halides is 1. The van der Waals surface area contributed by atoms with Crippen molar-refractivity contribution in [2.75, 3.05) is 7.11 Å². The van der Waals surface area contributed by atoms with Crippen molar-refractivity contribution in [1.29, 1.82) is 0 Å². The van der Waals surface area contributed by atoms with Gasteiger partial charge in [0.25, 0.3) is 5.69 Å². The number of nitrogens with zero attached hydrogens (tertiary/aromatic N) is 1. The van der Waals surface area contributed by atoms with Crippen LogP contribution in [0.3, 0.4) is 0 Å².